The molecule has 1 saturated heterocycles. The molecule has 0 radical (unpaired) electrons. The first-order valence-electron chi connectivity index (χ1n) is 5.61. The van der Waals surface area contributed by atoms with E-state index in [4.69, 9.17) is 10.5 Å². The van der Waals surface area contributed by atoms with E-state index in [9.17, 15) is 0 Å². The van der Waals surface area contributed by atoms with Gasteiger partial charge in [0.15, 0.2) is 0 Å². The summed E-state index contributed by atoms with van der Waals surface area (Å²) >= 11 is 0. The summed E-state index contributed by atoms with van der Waals surface area (Å²) in [6.07, 6.45) is 3.34. The molecule has 14 heavy (non-hydrogen) atoms. The molecule has 0 saturated carbocycles. The molecule has 3 N–H and O–H groups in total. The van der Waals surface area contributed by atoms with Crippen molar-refractivity contribution in [3.05, 3.63) is 0 Å². The van der Waals surface area contributed by atoms with Gasteiger partial charge in [0, 0.05) is 25.2 Å². The fourth-order valence-corrected chi connectivity index (χ4v) is 1.71. The third kappa shape index (κ3) is 3.56. The largest absolute Gasteiger partial charge is 0.374 e. The van der Waals surface area contributed by atoms with Gasteiger partial charge in [-0.15, -0.1) is 0 Å². The van der Waals surface area contributed by atoms with Crippen LogP contribution in [0.1, 0.15) is 40.0 Å². The molecule has 1 aliphatic heterocycles. The van der Waals surface area contributed by atoms with Crippen LogP contribution < -0.4 is 11.1 Å². The highest BCUT2D eigenvalue weighted by molar-refractivity contribution is 4.85. The summed E-state index contributed by atoms with van der Waals surface area (Å²) in [5.41, 5.74) is 6.00. The highest BCUT2D eigenvalue weighted by atomic mass is 16.5. The van der Waals surface area contributed by atoms with E-state index in [-0.39, 0.29) is 11.1 Å². The summed E-state index contributed by atoms with van der Waals surface area (Å²) in [5, 5.41) is 3.41. The second kappa shape index (κ2) is 4.60. The predicted molar refractivity (Wildman–Crippen MR) is 59.3 cm³/mol. The van der Waals surface area contributed by atoms with Gasteiger partial charge >= 0.3 is 0 Å². The average molecular weight is 200 g/mol. The lowest BCUT2D eigenvalue weighted by molar-refractivity contribution is 0.0201. The van der Waals surface area contributed by atoms with Crippen molar-refractivity contribution in [2.24, 2.45) is 5.73 Å². The van der Waals surface area contributed by atoms with E-state index in [1.807, 2.05) is 0 Å². The molecule has 0 amide bonds. The fourth-order valence-electron chi connectivity index (χ4n) is 1.71. The first-order valence-corrected chi connectivity index (χ1v) is 5.61. The smallest absolute Gasteiger partial charge is 0.0779 e. The third-order valence-corrected chi connectivity index (χ3v) is 3.14. The van der Waals surface area contributed by atoms with Crippen molar-refractivity contribution in [3.63, 3.8) is 0 Å². The molecule has 0 aromatic carbocycles. The summed E-state index contributed by atoms with van der Waals surface area (Å²) in [7, 11) is 0. The predicted octanol–water partition coefficient (Wildman–Crippen LogP) is 1.27. The van der Waals surface area contributed by atoms with Gasteiger partial charge in [0.2, 0.25) is 0 Å². The van der Waals surface area contributed by atoms with Gasteiger partial charge in [-0.05, 0) is 33.1 Å². The van der Waals surface area contributed by atoms with Crippen LogP contribution in [-0.2, 0) is 4.74 Å². The topological polar surface area (TPSA) is 47.3 Å². The van der Waals surface area contributed by atoms with Crippen LogP contribution >= 0.6 is 0 Å². The van der Waals surface area contributed by atoms with E-state index in [1.165, 1.54) is 6.42 Å². The van der Waals surface area contributed by atoms with Crippen molar-refractivity contribution in [3.8, 4) is 0 Å². The normalized spacial score (nSPS) is 31.7. The fraction of sp³-hybridized carbons (Fsp3) is 1.00. The molecule has 0 bridgehead atoms. The Morgan fingerprint density at radius 1 is 1.57 bits per heavy atom. The lowest BCUT2D eigenvalue weighted by Gasteiger charge is -2.28. The summed E-state index contributed by atoms with van der Waals surface area (Å²) in [6, 6.07) is 0. The van der Waals surface area contributed by atoms with E-state index in [2.05, 4.69) is 26.1 Å². The first-order chi connectivity index (χ1) is 6.47. The van der Waals surface area contributed by atoms with Gasteiger partial charge in [-0.1, -0.05) is 6.92 Å². The molecule has 0 aromatic rings. The van der Waals surface area contributed by atoms with Crippen LogP contribution in [0.4, 0.5) is 0 Å². The molecule has 1 aliphatic rings. The van der Waals surface area contributed by atoms with Crippen LogP contribution in [0, 0.1) is 0 Å². The van der Waals surface area contributed by atoms with E-state index in [0.29, 0.717) is 0 Å². The molecule has 1 heterocycles. The molecule has 0 aliphatic carbocycles. The zero-order chi connectivity index (χ0) is 10.7. The van der Waals surface area contributed by atoms with Crippen LogP contribution in [0.2, 0.25) is 0 Å². The molecular weight excluding hydrogens is 176 g/mol. The highest BCUT2D eigenvalue weighted by Crippen LogP contribution is 2.23. The Morgan fingerprint density at radius 3 is 2.79 bits per heavy atom. The van der Waals surface area contributed by atoms with Crippen molar-refractivity contribution < 1.29 is 4.74 Å². The lowest BCUT2D eigenvalue weighted by atomic mass is 9.99. The Balaban J connectivity index is 2.20. The maximum Gasteiger partial charge on any atom is 0.0779 e. The van der Waals surface area contributed by atoms with Crippen LogP contribution in [0.25, 0.3) is 0 Å². The molecule has 3 nitrogen and oxygen atoms in total. The van der Waals surface area contributed by atoms with Gasteiger partial charge in [0.1, 0.15) is 0 Å². The van der Waals surface area contributed by atoms with Gasteiger partial charge in [-0.3, -0.25) is 0 Å². The van der Waals surface area contributed by atoms with Crippen molar-refractivity contribution in [1.82, 2.24) is 5.32 Å². The minimum absolute atomic E-state index is 0.0455. The first kappa shape index (κ1) is 12.0. The van der Waals surface area contributed by atoms with Crippen molar-refractivity contribution in [1.29, 1.82) is 0 Å². The summed E-state index contributed by atoms with van der Waals surface area (Å²) in [6.45, 7) is 9.06. The minimum Gasteiger partial charge on any atom is -0.374 e. The quantitative estimate of drug-likeness (QED) is 0.702. The summed E-state index contributed by atoms with van der Waals surface area (Å²) in [5.74, 6) is 0. The molecule has 84 valence electrons. The zero-order valence-corrected chi connectivity index (χ0v) is 9.73. The van der Waals surface area contributed by atoms with Gasteiger partial charge in [0.05, 0.1) is 5.60 Å². The van der Waals surface area contributed by atoms with Crippen molar-refractivity contribution >= 4 is 0 Å². The monoisotopic (exact) mass is 200 g/mol. The molecular formula is C11H24N2O. The second-order valence-corrected chi connectivity index (χ2v) is 5.01. The van der Waals surface area contributed by atoms with Gasteiger partial charge in [0.25, 0.3) is 0 Å². The number of nitrogens with two attached hydrogens (primary N) is 1. The second-order valence-electron chi connectivity index (χ2n) is 5.01. The SMILES string of the molecule is CCC(C)(N)CNCC1(C)CCCO1. The molecule has 0 aromatic heterocycles. The molecule has 0 spiro atoms. The van der Waals surface area contributed by atoms with Crippen LogP contribution in [0.5, 0.6) is 0 Å². The van der Waals surface area contributed by atoms with E-state index in [1.54, 1.807) is 0 Å². The lowest BCUT2D eigenvalue weighted by Crippen LogP contribution is -2.49. The van der Waals surface area contributed by atoms with Crippen LogP contribution in [-0.4, -0.2) is 30.8 Å². The number of hydrogen-bond donors (Lipinski definition) is 2. The van der Waals surface area contributed by atoms with Crippen LogP contribution in [0.3, 0.4) is 0 Å². The third-order valence-electron chi connectivity index (χ3n) is 3.14. The highest BCUT2D eigenvalue weighted by Gasteiger charge is 2.29. The van der Waals surface area contributed by atoms with Gasteiger partial charge < -0.3 is 15.8 Å². The van der Waals surface area contributed by atoms with Crippen molar-refractivity contribution in [2.45, 2.75) is 51.2 Å². The zero-order valence-electron chi connectivity index (χ0n) is 9.73. The molecule has 2 atom stereocenters. The maximum atomic E-state index is 6.04. The number of nitrogens with one attached hydrogen (secondary N) is 1. The Hall–Kier alpha value is -0.120. The standard InChI is InChI=1S/C11H24N2O/c1-4-10(2,12)8-13-9-11(3)6-5-7-14-11/h13H,4-9,12H2,1-3H3. The molecule has 3 heteroatoms. The number of ether oxygens (including phenoxy) is 1. The Morgan fingerprint density at radius 2 is 2.29 bits per heavy atom. The van der Waals surface area contributed by atoms with Gasteiger partial charge in [-0.2, -0.15) is 0 Å². The van der Waals surface area contributed by atoms with E-state index in [0.717, 1.165) is 32.5 Å². The molecule has 1 rings (SSSR count). The maximum absolute atomic E-state index is 6.04. The average Bonchev–Trinajstić information content (AvgIpc) is 2.52. The Labute approximate surface area is 87.4 Å². The summed E-state index contributed by atoms with van der Waals surface area (Å²) in [4.78, 5) is 0. The van der Waals surface area contributed by atoms with Crippen LogP contribution in [0.15, 0.2) is 0 Å². The Kier molecular flexibility index (Phi) is 3.93. The Bertz CT molecular complexity index is 174. The molecule has 2 unspecified atom stereocenters. The summed E-state index contributed by atoms with van der Waals surface area (Å²) < 4.78 is 5.69. The minimum atomic E-state index is -0.0883. The van der Waals surface area contributed by atoms with Gasteiger partial charge in [-0.25, -0.2) is 0 Å². The van der Waals surface area contributed by atoms with E-state index < -0.39 is 0 Å². The molecule has 1 fully saturated rings. The number of hydrogen-bond acceptors (Lipinski definition) is 3. The number of rotatable bonds is 5. The van der Waals surface area contributed by atoms with Crippen molar-refractivity contribution in [2.75, 3.05) is 19.7 Å². The van der Waals surface area contributed by atoms with E-state index >= 15 is 0 Å².